The lowest BCUT2D eigenvalue weighted by molar-refractivity contribution is 0.0656. The fourth-order valence-corrected chi connectivity index (χ4v) is 1.49. The van der Waals surface area contributed by atoms with E-state index in [1.165, 1.54) is 0 Å². The van der Waals surface area contributed by atoms with Crippen molar-refractivity contribution in [3.8, 4) is 0 Å². The van der Waals surface area contributed by atoms with E-state index in [9.17, 15) is 4.79 Å². The van der Waals surface area contributed by atoms with Gasteiger partial charge in [-0.2, -0.15) is 0 Å². The molecule has 0 aliphatic carbocycles. The molecule has 0 aromatic carbocycles. The molecule has 0 unspecified atom stereocenters. The molecular weight excluding hydrogens is 222 g/mol. The van der Waals surface area contributed by atoms with Crippen molar-refractivity contribution in [2.75, 3.05) is 13.7 Å². The van der Waals surface area contributed by atoms with Gasteiger partial charge in [-0.15, -0.1) is 0 Å². The van der Waals surface area contributed by atoms with Gasteiger partial charge in [0.25, 0.3) is 0 Å². The monoisotopic (exact) mass is 241 g/mol. The third-order valence-corrected chi connectivity index (χ3v) is 2.32. The zero-order valence-electron chi connectivity index (χ0n) is 10.7. The van der Waals surface area contributed by atoms with Gasteiger partial charge in [0.2, 0.25) is 5.76 Å². The van der Waals surface area contributed by atoms with Gasteiger partial charge in [0.05, 0.1) is 5.69 Å². The van der Waals surface area contributed by atoms with Gasteiger partial charge in [0.15, 0.2) is 5.89 Å². The number of hydrogen-bond acceptors (Lipinski definition) is 4. The molecular formula is C12H19NO4. The SMILES string of the molecule is COCCCc1nc(C(C)(C)C)c(C(=O)O)o1. The molecule has 0 saturated heterocycles. The quantitative estimate of drug-likeness (QED) is 0.800. The Morgan fingerprint density at radius 2 is 2.12 bits per heavy atom. The Bertz CT molecular complexity index is 390. The Kier molecular flexibility index (Phi) is 4.28. The molecule has 0 aliphatic rings. The number of aryl methyl sites for hydroxylation is 1. The van der Waals surface area contributed by atoms with Gasteiger partial charge in [-0.3, -0.25) is 0 Å². The minimum atomic E-state index is -1.07. The summed E-state index contributed by atoms with van der Waals surface area (Å²) in [5.74, 6) is -0.658. The zero-order chi connectivity index (χ0) is 13.1. The number of oxazole rings is 1. The minimum Gasteiger partial charge on any atom is -0.475 e. The number of methoxy groups -OCH3 is 1. The molecule has 1 aromatic rings. The predicted molar refractivity (Wildman–Crippen MR) is 62.4 cm³/mol. The second kappa shape index (κ2) is 5.31. The lowest BCUT2D eigenvalue weighted by atomic mass is 9.91. The van der Waals surface area contributed by atoms with E-state index in [1.807, 2.05) is 20.8 Å². The van der Waals surface area contributed by atoms with E-state index in [-0.39, 0.29) is 11.2 Å². The fraction of sp³-hybridized carbons (Fsp3) is 0.667. The molecule has 0 radical (unpaired) electrons. The molecule has 0 spiro atoms. The van der Waals surface area contributed by atoms with E-state index in [4.69, 9.17) is 14.3 Å². The third-order valence-electron chi connectivity index (χ3n) is 2.32. The Labute approximate surface area is 101 Å². The van der Waals surface area contributed by atoms with Gasteiger partial charge in [-0.25, -0.2) is 9.78 Å². The Balaban J connectivity index is 2.93. The molecule has 0 amide bonds. The number of rotatable bonds is 5. The van der Waals surface area contributed by atoms with Crippen molar-refractivity contribution in [2.45, 2.75) is 39.0 Å². The normalized spacial score (nSPS) is 11.8. The van der Waals surface area contributed by atoms with Gasteiger partial charge < -0.3 is 14.3 Å². The molecule has 0 fully saturated rings. The molecule has 5 nitrogen and oxygen atoms in total. The highest BCUT2D eigenvalue weighted by Crippen LogP contribution is 2.26. The van der Waals surface area contributed by atoms with Crippen LogP contribution in [0.3, 0.4) is 0 Å². The number of carbonyl (C=O) groups is 1. The number of carboxylic acid groups (broad SMARTS) is 1. The van der Waals surface area contributed by atoms with Crippen LogP contribution in [-0.2, 0) is 16.6 Å². The molecule has 96 valence electrons. The summed E-state index contributed by atoms with van der Waals surface area (Å²) >= 11 is 0. The van der Waals surface area contributed by atoms with Crippen LogP contribution in [0.5, 0.6) is 0 Å². The van der Waals surface area contributed by atoms with Crippen LogP contribution in [0.2, 0.25) is 0 Å². The lowest BCUT2D eigenvalue weighted by Gasteiger charge is -2.14. The molecule has 1 heterocycles. The Morgan fingerprint density at radius 1 is 1.47 bits per heavy atom. The maximum atomic E-state index is 11.1. The summed E-state index contributed by atoms with van der Waals surface area (Å²) in [5.41, 5.74) is 0.161. The van der Waals surface area contributed by atoms with Crippen molar-refractivity contribution in [2.24, 2.45) is 0 Å². The highest BCUT2D eigenvalue weighted by Gasteiger charge is 2.28. The second-order valence-electron chi connectivity index (χ2n) is 4.94. The van der Waals surface area contributed by atoms with Crippen LogP contribution in [0.1, 0.15) is 49.3 Å². The molecule has 0 bridgehead atoms. The van der Waals surface area contributed by atoms with Crippen molar-refractivity contribution in [3.05, 3.63) is 17.3 Å². The van der Waals surface area contributed by atoms with E-state index in [0.29, 0.717) is 24.6 Å². The van der Waals surface area contributed by atoms with Crippen molar-refractivity contribution in [3.63, 3.8) is 0 Å². The maximum absolute atomic E-state index is 11.1. The average molecular weight is 241 g/mol. The summed E-state index contributed by atoms with van der Waals surface area (Å²) < 4.78 is 10.2. The number of nitrogens with zero attached hydrogens (tertiary/aromatic N) is 1. The molecule has 1 aromatic heterocycles. The van der Waals surface area contributed by atoms with Gasteiger partial charge in [-0.05, 0) is 6.42 Å². The van der Waals surface area contributed by atoms with Crippen LogP contribution in [-0.4, -0.2) is 29.8 Å². The van der Waals surface area contributed by atoms with E-state index in [0.717, 1.165) is 6.42 Å². The molecule has 0 atom stereocenters. The first-order chi connectivity index (χ1) is 7.86. The van der Waals surface area contributed by atoms with E-state index in [1.54, 1.807) is 7.11 Å². The molecule has 0 aliphatic heterocycles. The first-order valence-electron chi connectivity index (χ1n) is 5.58. The molecule has 0 saturated carbocycles. The van der Waals surface area contributed by atoms with E-state index in [2.05, 4.69) is 4.98 Å². The number of hydrogen-bond donors (Lipinski definition) is 1. The van der Waals surface area contributed by atoms with Crippen molar-refractivity contribution in [1.29, 1.82) is 0 Å². The smallest absolute Gasteiger partial charge is 0.373 e. The molecule has 1 N–H and O–H groups in total. The van der Waals surface area contributed by atoms with Crippen LogP contribution in [0.25, 0.3) is 0 Å². The van der Waals surface area contributed by atoms with Crippen LogP contribution in [0, 0.1) is 0 Å². The summed E-state index contributed by atoms with van der Waals surface area (Å²) in [5, 5.41) is 9.06. The van der Waals surface area contributed by atoms with Gasteiger partial charge >= 0.3 is 5.97 Å². The average Bonchev–Trinajstić information content (AvgIpc) is 2.62. The highest BCUT2D eigenvalue weighted by molar-refractivity contribution is 5.86. The van der Waals surface area contributed by atoms with Gasteiger partial charge in [0, 0.05) is 25.6 Å². The second-order valence-corrected chi connectivity index (χ2v) is 4.94. The summed E-state index contributed by atoms with van der Waals surface area (Å²) in [6.45, 7) is 6.35. The molecule has 5 heteroatoms. The van der Waals surface area contributed by atoms with Crippen molar-refractivity contribution in [1.82, 2.24) is 4.98 Å². The van der Waals surface area contributed by atoms with Crippen molar-refractivity contribution >= 4 is 5.97 Å². The lowest BCUT2D eigenvalue weighted by Crippen LogP contribution is -2.16. The Hall–Kier alpha value is -1.36. The van der Waals surface area contributed by atoms with E-state index < -0.39 is 5.97 Å². The summed E-state index contributed by atoms with van der Waals surface area (Å²) in [7, 11) is 1.62. The largest absolute Gasteiger partial charge is 0.475 e. The number of carboxylic acids is 1. The highest BCUT2D eigenvalue weighted by atomic mass is 16.5. The summed E-state index contributed by atoms with van der Waals surface area (Å²) in [4.78, 5) is 15.3. The topological polar surface area (TPSA) is 72.6 Å². The predicted octanol–water partition coefficient (Wildman–Crippen LogP) is 2.25. The number of aromatic carboxylic acids is 1. The minimum absolute atomic E-state index is 0.0510. The summed E-state index contributed by atoms with van der Waals surface area (Å²) in [6.07, 6.45) is 1.35. The number of ether oxygens (including phenoxy) is 1. The van der Waals surface area contributed by atoms with Crippen LogP contribution in [0.4, 0.5) is 0 Å². The van der Waals surface area contributed by atoms with Crippen LogP contribution >= 0.6 is 0 Å². The van der Waals surface area contributed by atoms with Crippen LogP contribution < -0.4 is 0 Å². The van der Waals surface area contributed by atoms with Gasteiger partial charge in [0.1, 0.15) is 0 Å². The first-order valence-corrected chi connectivity index (χ1v) is 5.58. The summed E-state index contributed by atoms with van der Waals surface area (Å²) in [6, 6.07) is 0. The van der Waals surface area contributed by atoms with E-state index >= 15 is 0 Å². The van der Waals surface area contributed by atoms with Gasteiger partial charge in [-0.1, -0.05) is 20.8 Å². The fourth-order valence-electron chi connectivity index (χ4n) is 1.49. The molecule has 17 heavy (non-hydrogen) atoms. The zero-order valence-corrected chi connectivity index (χ0v) is 10.7. The van der Waals surface area contributed by atoms with Crippen molar-refractivity contribution < 1.29 is 19.1 Å². The Morgan fingerprint density at radius 3 is 2.53 bits per heavy atom. The third kappa shape index (κ3) is 3.56. The standard InChI is InChI=1S/C12H19NO4/c1-12(2,3)10-9(11(14)15)17-8(13-10)6-5-7-16-4/h5-7H2,1-4H3,(H,14,15). The van der Waals surface area contributed by atoms with Crippen LogP contribution in [0.15, 0.2) is 4.42 Å². The number of aromatic nitrogens is 1. The maximum Gasteiger partial charge on any atom is 0.373 e. The molecule has 1 rings (SSSR count). The first kappa shape index (κ1) is 13.7.